The number of morpholine rings is 1. The zero-order valence-electron chi connectivity index (χ0n) is 10.7. The van der Waals surface area contributed by atoms with Gasteiger partial charge in [-0.25, -0.2) is 0 Å². The molecule has 1 saturated heterocycles. The molecule has 2 rings (SSSR count). The van der Waals surface area contributed by atoms with Crippen molar-refractivity contribution in [3.8, 4) is 0 Å². The van der Waals surface area contributed by atoms with E-state index < -0.39 is 0 Å². The van der Waals surface area contributed by atoms with Gasteiger partial charge in [0.05, 0.1) is 13.2 Å². The highest BCUT2D eigenvalue weighted by molar-refractivity contribution is 5.77. The van der Waals surface area contributed by atoms with Crippen molar-refractivity contribution in [2.75, 3.05) is 19.8 Å². The maximum Gasteiger partial charge on any atom is 0.221 e. The van der Waals surface area contributed by atoms with Crippen molar-refractivity contribution < 1.29 is 9.53 Å². The molecule has 1 aliphatic heterocycles. The van der Waals surface area contributed by atoms with Crippen molar-refractivity contribution in [2.24, 2.45) is 5.92 Å². The van der Waals surface area contributed by atoms with Crippen LogP contribution in [0, 0.1) is 5.92 Å². The average Bonchev–Trinajstić information content (AvgIpc) is 2.77. The minimum atomic E-state index is 0.179. The second-order valence-corrected chi connectivity index (χ2v) is 5.20. The molecule has 4 nitrogen and oxygen atoms in total. The van der Waals surface area contributed by atoms with Crippen LogP contribution in [0.15, 0.2) is 0 Å². The average molecular weight is 240 g/mol. The summed E-state index contributed by atoms with van der Waals surface area (Å²) in [5.74, 6) is 0.868. The molecule has 0 aromatic rings. The Kier molecular flexibility index (Phi) is 4.80. The third-order valence-electron chi connectivity index (χ3n) is 3.96. The highest BCUT2D eigenvalue weighted by Crippen LogP contribution is 2.28. The predicted molar refractivity (Wildman–Crippen MR) is 66.8 cm³/mol. The van der Waals surface area contributed by atoms with Gasteiger partial charge in [-0.05, 0) is 18.8 Å². The third-order valence-corrected chi connectivity index (χ3v) is 3.96. The summed E-state index contributed by atoms with van der Waals surface area (Å²) in [5, 5.41) is 6.51. The molecule has 0 aromatic heterocycles. The molecule has 2 aliphatic rings. The normalized spacial score (nSPS) is 33.6. The zero-order valence-corrected chi connectivity index (χ0v) is 10.7. The molecule has 0 spiro atoms. The standard InChI is InChI=1S/C13H24N2O2/c1-2-10-4-3-5-12(10)15-13(16)8-11-9-17-7-6-14-11/h10-12,14H,2-9H2,1H3,(H,15,16). The topological polar surface area (TPSA) is 50.4 Å². The molecule has 98 valence electrons. The monoisotopic (exact) mass is 240 g/mol. The Bertz CT molecular complexity index is 252. The van der Waals surface area contributed by atoms with Crippen LogP contribution in [0.5, 0.6) is 0 Å². The molecule has 2 N–H and O–H groups in total. The maximum absolute atomic E-state index is 11.9. The van der Waals surface area contributed by atoms with Crippen LogP contribution in [0.1, 0.15) is 39.0 Å². The van der Waals surface area contributed by atoms with E-state index in [9.17, 15) is 4.79 Å². The molecular weight excluding hydrogens is 216 g/mol. The van der Waals surface area contributed by atoms with Gasteiger partial charge in [0.25, 0.3) is 0 Å². The minimum Gasteiger partial charge on any atom is -0.378 e. The summed E-state index contributed by atoms with van der Waals surface area (Å²) in [4.78, 5) is 11.9. The first-order chi connectivity index (χ1) is 8.29. The van der Waals surface area contributed by atoms with E-state index in [2.05, 4.69) is 17.6 Å². The molecule has 2 fully saturated rings. The second kappa shape index (κ2) is 6.36. The van der Waals surface area contributed by atoms with E-state index in [0.717, 1.165) is 19.6 Å². The highest BCUT2D eigenvalue weighted by Gasteiger charge is 2.27. The van der Waals surface area contributed by atoms with Crippen LogP contribution in [0.3, 0.4) is 0 Å². The van der Waals surface area contributed by atoms with Gasteiger partial charge in [0.15, 0.2) is 0 Å². The number of hydrogen-bond donors (Lipinski definition) is 2. The first-order valence-corrected chi connectivity index (χ1v) is 6.90. The lowest BCUT2D eigenvalue weighted by atomic mass is 10.0. The first-order valence-electron chi connectivity index (χ1n) is 6.90. The molecule has 3 atom stereocenters. The Morgan fingerprint density at radius 1 is 1.47 bits per heavy atom. The summed E-state index contributed by atoms with van der Waals surface area (Å²) in [5.41, 5.74) is 0. The fourth-order valence-electron chi connectivity index (χ4n) is 2.96. The molecule has 1 amide bonds. The van der Waals surface area contributed by atoms with Gasteiger partial charge in [0.1, 0.15) is 0 Å². The highest BCUT2D eigenvalue weighted by atomic mass is 16.5. The number of amides is 1. The van der Waals surface area contributed by atoms with Crippen molar-refractivity contribution in [1.29, 1.82) is 0 Å². The number of ether oxygens (including phenoxy) is 1. The van der Waals surface area contributed by atoms with Gasteiger partial charge < -0.3 is 15.4 Å². The van der Waals surface area contributed by atoms with Gasteiger partial charge in [0.2, 0.25) is 5.91 Å². The molecule has 0 radical (unpaired) electrons. The largest absolute Gasteiger partial charge is 0.378 e. The molecule has 3 unspecified atom stereocenters. The van der Waals surface area contributed by atoms with Crippen molar-refractivity contribution >= 4 is 5.91 Å². The SMILES string of the molecule is CCC1CCCC1NC(=O)CC1COCCN1. The summed E-state index contributed by atoms with van der Waals surface area (Å²) >= 11 is 0. The summed E-state index contributed by atoms with van der Waals surface area (Å²) in [7, 11) is 0. The van der Waals surface area contributed by atoms with E-state index in [-0.39, 0.29) is 11.9 Å². The van der Waals surface area contributed by atoms with Crippen LogP contribution in [-0.2, 0) is 9.53 Å². The number of nitrogens with one attached hydrogen (secondary N) is 2. The van der Waals surface area contributed by atoms with Crippen LogP contribution < -0.4 is 10.6 Å². The number of carbonyl (C=O) groups is 1. The molecule has 1 heterocycles. The summed E-state index contributed by atoms with van der Waals surface area (Å²) in [6.45, 7) is 4.50. The third kappa shape index (κ3) is 3.68. The van der Waals surface area contributed by atoms with E-state index in [4.69, 9.17) is 4.74 Å². The van der Waals surface area contributed by atoms with Crippen LogP contribution in [0.4, 0.5) is 0 Å². The second-order valence-electron chi connectivity index (χ2n) is 5.20. The Morgan fingerprint density at radius 2 is 2.35 bits per heavy atom. The fourth-order valence-corrected chi connectivity index (χ4v) is 2.96. The van der Waals surface area contributed by atoms with Crippen molar-refractivity contribution in [1.82, 2.24) is 10.6 Å². The molecule has 17 heavy (non-hydrogen) atoms. The van der Waals surface area contributed by atoms with Crippen LogP contribution in [0.25, 0.3) is 0 Å². The van der Waals surface area contributed by atoms with Gasteiger partial charge >= 0.3 is 0 Å². The first kappa shape index (κ1) is 12.8. The van der Waals surface area contributed by atoms with E-state index in [1.54, 1.807) is 0 Å². The summed E-state index contributed by atoms with van der Waals surface area (Å²) in [6, 6.07) is 0.613. The Morgan fingerprint density at radius 3 is 3.06 bits per heavy atom. The lowest BCUT2D eigenvalue weighted by molar-refractivity contribution is -0.123. The van der Waals surface area contributed by atoms with Gasteiger partial charge in [-0.3, -0.25) is 4.79 Å². The molecule has 1 aliphatic carbocycles. The van der Waals surface area contributed by atoms with Gasteiger partial charge in [0, 0.05) is 25.0 Å². The van der Waals surface area contributed by atoms with Gasteiger partial charge in [-0.1, -0.05) is 19.8 Å². The Balaban J connectivity index is 1.72. The number of hydrogen-bond acceptors (Lipinski definition) is 3. The lowest BCUT2D eigenvalue weighted by Gasteiger charge is -2.25. The van der Waals surface area contributed by atoms with Crippen LogP contribution in [0.2, 0.25) is 0 Å². The van der Waals surface area contributed by atoms with Crippen LogP contribution in [-0.4, -0.2) is 37.7 Å². The number of rotatable bonds is 4. The van der Waals surface area contributed by atoms with Crippen LogP contribution >= 0.6 is 0 Å². The lowest BCUT2D eigenvalue weighted by Crippen LogP contribution is -2.46. The Labute approximate surface area is 103 Å². The minimum absolute atomic E-state index is 0.179. The maximum atomic E-state index is 11.9. The van der Waals surface area contributed by atoms with Gasteiger partial charge in [-0.15, -0.1) is 0 Å². The smallest absolute Gasteiger partial charge is 0.221 e. The summed E-state index contributed by atoms with van der Waals surface area (Å²) < 4.78 is 5.35. The molecule has 1 saturated carbocycles. The fraction of sp³-hybridized carbons (Fsp3) is 0.923. The Hall–Kier alpha value is -0.610. The molecule has 4 heteroatoms. The summed E-state index contributed by atoms with van der Waals surface area (Å²) in [6.07, 6.45) is 5.40. The van der Waals surface area contributed by atoms with E-state index in [0.29, 0.717) is 25.0 Å². The molecular formula is C13H24N2O2. The van der Waals surface area contributed by atoms with Crippen molar-refractivity contribution in [3.05, 3.63) is 0 Å². The predicted octanol–water partition coefficient (Wildman–Crippen LogP) is 1.06. The van der Waals surface area contributed by atoms with Crippen molar-refractivity contribution in [3.63, 3.8) is 0 Å². The quantitative estimate of drug-likeness (QED) is 0.772. The van der Waals surface area contributed by atoms with E-state index in [1.165, 1.54) is 19.3 Å². The molecule has 0 aromatic carbocycles. The van der Waals surface area contributed by atoms with Crippen molar-refractivity contribution in [2.45, 2.75) is 51.1 Å². The number of carbonyl (C=O) groups excluding carboxylic acids is 1. The van der Waals surface area contributed by atoms with E-state index >= 15 is 0 Å². The van der Waals surface area contributed by atoms with E-state index in [1.807, 2.05) is 0 Å². The zero-order chi connectivity index (χ0) is 12.1. The molecule has 0 bridgehead atoms. The van der Waals surface area contributed by atoms with Gasteiger partial charge in [-0.2, -0.15) is 0 Å².